The number of carbonyl (C=O) groups is 1. The molecule has 7 heteroatoms. The Labute approximate surface area is 165 Å². The maximum Gasteiger partial charge on any atom is 0.265 e. The number of amides is 1. The quantitative estimate of drug-likeness (QED) is 0.570. The maximum absolute atomic E-state index is 14.2. The third-order valence-corrected chi connectivity index (χ3v) is 4.55. The minimum Gasteiger partial charge on any atom is -0.348 e. The van der Waals surface area contributed by atoms with Crippen LogP contribution in [0.3, 0.4) is 0 Å². The van der Waals surface area contributed by atoms with E-state index in [1.807, 2.05) is 6.07 Å². The van der Waals surface area contributed by atoms with Gasteiger partial charge in [-0.1, -0.05) is 24.3 Å². The zero-order valence-electron chi connectivity index (χ0n) is 15.4. The summed E-state index contributed by atoms with van der Waals surface area (Å²) in [5.74, 6) is -0.929. The fourth-order valence-corrected chi connectivity index (χ4v) is 3.09. The second kappa shape index (κ2) is 8.02. The van der Waals surface area contributed by atoms with Crippen LogP contribution >= 0.6 is 0 Å². The third kappa shape index (κ3) is 3.89. The van der Waals surface area contributed by atoms with Gasteiger partial charge < -0.3 is 5.32 Å². The van der Waals surface area contributed by atoms with E-state index in [4.69, 9.17) is 0 Å². The molecule has 0 bridgehead atoms. The van der Waals surface area contributed by atoms with Gasteiger partial charge in [0, 0.05) is 36.1 Å². The molecular formula is C22H17FN4O2. The summed E-state index contributed by atoms with van der Waals surface area (Å²) < 4.78 is 15.5. The molecule has 4 rings (SSSR count). The molecule has 1 N–H and O–H groups in total. The summed E-state index contributed by atoms with van der Waals surface area (Å²) in [7, 11) is 0. The molecule has 3 aromatic heterocycles. The van der Waals surface area contributed by atoms with Crippen LogP contribution in [0.25, 0.3) is 11.0 Å². The van der Waals surface area contributed by atoms with Gasteiger partial charge in [-0.3, -0.25) is 19.1 Å². The van der Waals surface area contributed by atoms with Crippen LogP contribution in [0.1, 0.15) is 21.5 Å². The molecule has 0 aliphatic carbocycles. The Balaban J connectivity index is 1.73. The van der Waals surface area contributed by atoms with Crippen molar-refractivity contribution < 1.29 is 9.18 Å². The van der Waals surface area contributed by atoms with Crippen molar-refractivity contribution in [3.63, 3.8) is 0 Å². The van der Waals surface area contributed by atoms with Gasteiger partial charge in [-0.05, 0) is 35.9 Å². The lowest BCUT2D eigenvalue weighted by Crippen LogP contribution is -2.33. The van der Waals surface area contributed by atoms with Crippen molar-refractivity contribution in [1.82, 2.24) is 19.9 Å². The van der Waals surface area contributed by atoms with Crippen LogP contribution in [0.15, 0.2) is 78.0 Å². The van der Waals surface area contributed by atoms with Crippen LogP contribution in [0, 0.1) is 5.82 Å². The van der Waals surface area contributed by atoms with Gasteiger partial charge in [0.05, 0.1) is 6.54 Å². The number of carbonyl (C=O) groups excluding carboxylic acids is 1. The highest BCUT2D eigenvalue weighted by atomic mass is 19.1. The van der Waals surface area contributed by atoms with Gasteiger partial charge in [0.2, 0.25) is 0 Å². The smallest absolute Gasteiger partial charge is 0.265 e. The highest BCUT2D eigenvalue weighted by Gasteiger charge is 2.17. The van der Waals surface area contributed by atoms with Crippen LogP contribution in [0.5, 0.6) is 0 Å². The molecule has 0 radical (unpaired) electrons. The number of halogens is 1. The summed E-state index contributed by atoms with van der Waals surface area (Å²) in [6.07, 6.45) is 4.84. The summed E-state index contributed by atoms with van der Waals surface area (Å²) in [5.41, 5.74) is 1.00. The van der Waals surface area contributed by atoms with Gasteiger partial charge in [-0.2, -0.15) is 0 Å². The number of pyridine rings is 3. The predicted molar refractivity (Wildman–Crippen MR) is 107 cm³/mol. The zero-order chi connectivity index (χ0) is 20.2. The molecule has 144 valence electrons. The molecule has 0 aliphatic heterocycles. The summed E-state index contributed by atoms with van der Waals surface area (Å²) in [5, 5.41) is 3.36. The normalized spacial score (nSPS) is 10.8. The summed E-state index contributed by atoms with van der Waals surface area (Å²) >= 11 is 0. The van der Waals surface area contributed by atoms with Crippen LogP contribution < -0.4 is 10.9 Å². The number of fused-ring (bicyclic) bond motifs is 1. The van der Waals surface area contributed by atoms with E-state index in [1.165, 1.54) is 16.7 Å². The Kier molecular flexibility index (Phi) is 5.11. The van der Waals surface area contributed by atoms with Crippen molar-refractivity contribution in [2.75, 3.05) is 0 Å². The van der Waals surface area contributed by atoms with Crippen molar-refractivity contribution in [2.45, 2.75) is 13.1 Å². The summed E-state index contributed by atoms with van der Waals surface area (Å²) in [6, 6.07) is 14.8. The van der Waals surface area contributed by atoms with Crippen LogP contribution in [-0.4, -0.2) is 20.4 Å². The maximum atomic E-state index is 14.2. The summed E-state index contributed by atoms with van der Waals surface area (Å²) in [6.45, 7) is 0.216. The lowest BCUT2D eigenvalue weighted by molar-refractivity contribution is 0.0949. The summed E-state index contributed by atoms with van der Waals surface area (Å²) in [4.78, 5) is 34.1. The Hall–Kier alpha value is -3.87. The number of aromatic nitrogens is 3. The SMILES string of the molecule is O=C(NCc1cccnc1)c1cc2cccnc2n(Cc2ccccc2F)c1=O. The van der Waals surface area contributed by atoms with Crippen molar-refractivity contribution in [1.29, 1.82) is 0 Å². The molecule has 3 heterocycles. The number of rotatable bonds is 5. The first-order valence-corrected chi connectivity index (χ1v) is 9.02. The molecule has 0 saturated carbocycles. The molecule has 0 aliphatic rings. The highest BCUT2D eigenvalue weighted by molar-refractivity contribution is 5.96. The lowest BCUT2D eigenvalue weighted by Gasteiger charge is -2.13. The van der Waals surface area contributed by atoms with Crippen LogP contribution in [0.4, 0.5) is 4.39 Å². The molecular weight excluding hydrogens is 371 g/mol. The Morgan fingerprint density at radius 3 is 2.69 bits per heavy atom. The van der Waals surface area contributed by atoms with Crippen molar-refractivity contribution in [2.24, 2.45) is 0 Å². The number of nitrogens with one attached hydrogen (secondary N) is 1. The van der Waals surface area contributed by atoms with Gasteiger partial charge in [-0.25, -0.2) is 9.37 Å². The van der Waals surface area contributed by atoms with Gasteiger partial charge in [0.1, 0.15) is 17.0 Å². The van der Waals surface area contributed by atoms with E-state index in [-0.39, 0.29) is 18.7 Å². The molecule has 0 saturated heterocycles. The van der Waals surface area contributed by atoms with E-state index >= 15 is 0 Å². The molecule has 0 atom stereocenters. The molecule has 29 heavy (non-hydrogen) atoms. The van der Waals surface area contributed by atoms with E-state index in [9.17, 15) is 14.0 Å². The second-order valence-corrected chi connectivity index (χ2v) is 6.50. The molecule has 6 nitrogen and oxygen atoms in total. The highest BCUT2D eigenvalue weighted by Crippen LogP contribution is 2.14. The third-order valence-electron chi connectivity index (χ3n) is 4.55. The molecule has 0 fully saturated rings. The minimum absolute atomic E-state index is 0.0225. The average Bonchev–Trinajstić information content (AvgIpc) is 2.76. The van der Waals surface area contributed by atoms with Gasteiger partial charge >= 0.3 is 0 Å². The standard InChI is InChI=1S/C22H17FN4O2/c23-19-8-2-1-6-17(19)14-27-20-16(7-4-10-25-20)11-18(22(27)29)21(28)26-13-15-5-3-9-24-12-15/h1-12H,13-14H2,(H,26,28). The topological polar surface area (TPSA) is 76.9 Å². The Bertz CT molecular complexity index is 1240. The molecule has 0 unspecified atom stereocenters. The monoisotopic (exact) mass is 388 g/mol. The largest absolute Gasteiger partial charge is 0.348 e. The fraction of sp³-hybridized carbons (Fsp3) is 0.0909. The fourth-order valence-electron chi connectivity index (χ4n) is 3.09. The lowest BCUT2D eigenvalue weighted by atomic mass is 10.1. The average molecular weight is 388 g/mol. The Morgan fingerprint density at radius 1 is 1.07 bits per heavy atom. The van der Waals surface area contributed by atoms with Gasteiger partial charge in [0.25, 0.3) is 11.5 Å². The molecule has 1 amide bonds. The van der Waals surface area contributed by atoms with E-state index in [2.05, 4.69) is 15.3 Å². The zero-order valence-corrected chi connectivity index (χ0v) is 15.4. The van der Waals surface area contributed by atoms with Gasteiger partial charge in [0.15, 0.2) is 0 Å². The van der Waals surface area contributed by atoms with Crippen molar-refractivity contribution >= 4 is 16.9 Å². The van der Waals surface area contributed by atoms with E-state index in [0.717, 1.165) is 5.56 Å². The van der Waals surface area contributed by atoms with E-state index in [0.29, 0.717) is 16.6 Å². The van der Waals surface area contributed by atoms with E-state index < -0.39 is 17.3 Å². The van der Waals surface area contributed by atoms with Crippen molar-refractivity contribution in [3.05, 3.63) is 106 Å². The molecule has 0 spiro atoms. The number of hydrogen-bond acceptors (Lipinski definition) is 4. The first kappa shape index (κ1) is 18.5. The predicted octanol–water partition coefficient (Wildman–Crippen LogP) is 2.91. The van der Waals surface area contributed by atoms with Crippen molar-refractivity contribution in [3.8, 4) is 0 Å². The number of hydrogen-bond donors (Lipinski definition) is 1. The van der Waals surface area contributed by atoms with Gasteiger partial charge in [-0.15, -0.1) is 0 Å². The van der Waals surface area contributed by atoms with E-state index in [1.54, 1.807) is 55.0 Å². The minimum atomic E-state index is -0.525. The Morgan fingerprint density at radius 2 is 1.90 bits per heavy atom. The number of nitrogens with zero attached hydrogens (tertiary/aromatic N) is 3. The first-order chi connectivity index (χ1) is 14.1. The first-order valence-electron chi connectivity index (χ1n) is 9.02. The molecule has 1 aromatic carbocycles. The number of benzene rings is 1. The van der Waals surface area contributed by atoms with Crippen LogP contribution in [0.2, 0.25) is 0 Å². The van der Waals surface area contributed by atoms with Crippen LogP contribution in [-0.2, 0) is 13.1 Å². The molecule has 4 aromatic rings. The second-order valence-electron chi connectivity index (χ2n) is 6.50.